The Labute approximate surface area is 179 Å². The number of amides is 1. The number of hydrogen-bond donors (Lipinski definition) is 2. The van der Waals surface area contributed by atoms with E-state index in [0.717, 1.165) is 6.42 Å². The van der Waals surface area contributed by atoms with Gasteiger partial charge in [0.05, 0.1) is 6.10 Å². The van der Waals surface area contributed by atoms with Crippen LogP contribution < -0.4 is 15.6 Å². The Morgan fingerprint density at radius 3 is 2.74 bits per heavy atom. The van der Waals surface area contributed by atoms with Crippen LogP contribution in [-0.4, -0.2) is 27.2 Å². The molecule has 0 spiro atoms. The number of hydrogen-bond acceptors (Lipinski definition) is 5. The van der Waals surface area contributed by atoms with E-state index in [0.29, 0.717) is 22.7 Å². The smallest absolute Gasteiger partial charge is 0.273 e. The minimum Gasteiger partial charge on any atom is -0.491 e. The predicted molar refractivity (Wildman–Crippen MR) is 115 cm³/mol. The van der Waals surface area contributed by atoms with Gasteiger partial charge >= 0.3 is 0 Å². The van der Waals surface area contributed by atoms with Gasteiger partial charge in [-0.1, -0.05) is 31.2 Å². The summed E-state index contributed by atoms with van der Waals surface area (Å²) in [7, 11) is 0. The summed E-state index contributed by atoms with van der Waals surface area (Å²) in [5, 5.41) is 10.8. The van der Waals surface area contributed by atoms with Crippen LogP contribution in [0, 0.1) is 5.82 Å². The third-order valence-corrected chi connectivity index (χ3v) is 4.75. The van der Waals surface area contributed by atoms with Crippen molar-refractivity contribution < 1.29 is 13.9 Å². The summed E-state index contributed by atoms with van der Waals surface area (Å²) in [6, 6.07) is 13.3. The van der Waals surface area contributed by atoms with Crippen LogP contribution in [0.3, 0.4) is 0 Å². The first-order chi connectivity index (χ1) is 14.9. The van der Waals surface area contributed by atoms with Gasteiger partial charge in [-0.3, -0.25) is 9.59 Å². The zero-order valence-corrected chi connectivity index (χ0v) is 17.5. The lowest BCUT2D eigenvalue weighted by atomic mass is 10.2. The average molecular weight is 424 g/mol. The second-order valence-electron chi connectivity index (χ2n) is 7.22. The molecule has 3 rings (SSSR count). The number of benzene rings is 2. The van der Waals surface area contributed by atoms with Gasteiger partial charge in [0.25, 0.3) is 5.56 Å². The fraction of sp³-hybridized carbons (Fsp3) is 0.304. The maximum absolute atomic E-state index is 13.2. The highest BCUT2D eigenvalue weighted by Gasteiger charge is 2.11. The van der Waals surface area contributed by atoms with Crippen LogP contribution >= 0.6 is 0 Å². The first kappa shape index (κ1) is 22.1. The largest absolute Gasteiger partial charge is 0.491 e. The Hall–Kier alpha value is -3.55. The van der Waals surface area contributed by atoms with E-state index in [4.69, 9.17) is 4.74 Å². The van der Waals surface area contributed by atoms with E-state index in [2.05, 4.69) is 20.5 Å². The van der Waals surface area contributed by atoms with E-state index in [1.54, 1.807) is 18.2 Å². The Balaban J connectivity index is 1.59. The molecule has 0 fully saturated rings. The van der Waals surface area contributed by atoms with Gasteiger partial charge < -0.3 is 15.0 Å². The van der Waals surface area contributed by atoms with Crippen molar-refractivity contribution in [2.45, 2.75) is 45.8 Å². The van der Waals surface area contributed by atoms with Crippen molar-refractivity contribution in [3.63, 3.8) is 0 Å². The molecular weight excluding hydrogens is 399 g/mol. The van der Waals surface area contributed by atoms with Crippen LogP contribution in [0.4, 0.5) is 4.39 Å². The van der Waals surface area contributed by atoms with Crippen molar-refractivity contribution in [1.29, 1.82) is 0 Å². The summed E-state index contributed by atoms with van der Waals surface area (Å²) in [6.45, 7) is 4.24. The quantitative estimate of drug-likeness (QED) is 0.549. The van der Waals surface area contributed by atoms with Crippen molar-refractivity contribution in [2.75, 3.05) is 0 Å². The van der Waals surface area contributed by atoms with Crippen molar-refractivity contribution in [1.82, 2.24) is 20.5 Å². The number of aryl methyl sites for hydroxylation is 1. The fourth-order valence-electron chi connectivity index (χ4n) is 2.85. The fourth-order valence-corrected chi connectivity index (χ4v) is 2.85. The van der Waals surface area contributed by atoms with E-state index in [1.807, 2.05) is 32.0 Å². The monoisotopic (exact) mass is 424 g/mol. The highest BCUT2D eigenvalue weighted by molar-refractivity contribution is 5.76. The molecule has 2 aromatic carbocycles. The topological polar surface area (TPSA) is 97.0 Å². The molecule has 0 bridgehead atoms. The number of nitrogens with one attached hydrogen (secondary N) is 2. The zero-order valence-electron chi connectivity index (χ0n) is 17.5. The number of carbonyl (C=O) groups excluding carboxylic acids is 1. The Morgan fingerprint density at radius 2 is 2.00 bits per heavy atom. The van der Waals surface area contributed by atoms with E-state index >= 15 is 0 Å². The van der Waals surface area contributed by atoms with Crippen LogP contribution in [0.25, 0.3) is 11.4 Å². The first-order valence-corrected chi connectivity index (χ1v) is 10.2. The molecule has 0 saturated heterocycles. The number of carbonyl (C=O) groups is 1. The minimum absolute atomic E-state index is 0.0741. The molecule has 8 heteroatoms. The third kappa shape index (κ3) is 6.47. The van der Waals surface area contributed by atoms with E-state index in [1.165, 1.54) is 12.1 Å². The van der Waals surface area contributed by atoms with Crippen molar-refractivity contribution in [3.05, 3.63) is 76.0 Å². The Bertz CT molecular complexity index is 1100. The summed E-state index contributed by atoms with van der Waals surface area (Å²) >= 11 is 0. The van der Waals surface area contributed by atoms with Gasteiger partial charge in [-0.2, -0.15) is 0 Å². The molecule has 0 unspecified atom stereocenters. The van der Waals surface area contributed by atoms with E-state index < -0.39 is 5.56 Å². The van der Waals surface area contributed by atoms with Crippen LogP contribution in [0.1, 0.15) is 37.9 Å². The lowest BCUT2D eigenvalue weighted by Gasteiger charge is -2.13. The third-order valence-electron chi connectivity index (χ3n) is 4.75. The molecule has 2 N–H and O–H groups in total. The number of ether oxygens (including phenoxy) is 1. The molecule has 0 saturated carbocycles. The van der Waals surface area contributed by atoms with Gasteiger partial charge in [0, 0.05) is 24.9 Å². The summed E-state index contributed by atoms with van der Waals surface area (Å²) in [5.41, 5.74) is 1.13. The molecule has 1 aromatic heterocycles. The van der Waals surface area contributed by atoms with Crippen LogP contribution in [0.2, 0.25) is 0 Å². The zero-order chi connectivity index (χ0) is 22.2. The molecule has 31 heavy (non-hydrogen) atoms. The van der Waals surface area contributed by atoms with Crippen LogP contribution in [0.15, 0.2) is 53.3 Å². The minimum atomic E-state index is -0.392. The van der Waals surface area contributed by atoms with Crippen molar-refractivity contribution in [2.24, 2.45) is 0 Å². The summed E-state index contributed by atoms with van der Waals surface area (Å²) in [4.78, 5) is 27.2. The van der Waals surface area contributed by atoms with Crippen LogP contribution in [-0.2, 0) is 17.8 Å². The molecule has 1 atom stereocenters. The molecule has 7 nitrogen and oxygen atoms in total. The second-order valence-corrected chi connectivity index (χ2v) is 7.22. The molecular formula is C23H25FN4O3. The molecule has 0 aliphatic carbocycles. The molecule has 0 aliphatic rings. The lowest BCUT2D eigenvalue weighted by Crippen LogP contribution is -2.25. The summed E-state index contributed by atoms with van der Waals surface area (Å²) in [6.07, 6.45) is 1.18. The predicted octanol–water partition coefficient (Wildman–Crippen LogP) is 3.40. The molecule has 0 radical (unpaired) electrons. The Morgan fingerprint density at radius 1 is 1.19 bits per heavy atom. The van der Waals surface area contributed by atoms with Crippen molar-refractivity contribution in [3.8, 4) is 17.1 Å². The number of rotatable bonds is 9. The van der Waals surface area contributed by atoms with Crippen molar-refractivity contribution >= 4 is 5.91 Å². The normalized spacial score (nSPS) is 11.7. The maximum Gasteiger partial charge on any atom is 0.273 e. The Kier molecular flexibility index (Phi) is 7.48. The van der Waals surface area contributed by atoms with E-state index in [9.17, 15) is 14.0 Å². The molecule has 0 aliphatic heterocycles. The van der Waals surface area contributed by atoms with Gasteiger partial charge in [0.1, 0.15) is 17.3 Å². The number of nitrogens with zero attached hydrogens (tertiary/aromatic N) is 2. The standard InChI is InChI=1S/C23H25FN4O3/c1-3-15(2)31-19-9-5-7-17(13-19)22-26-23(30)20(27-28-22)10-11-21(29)25-14-16-6-4-8-18(24)12-16/h4-9,12-13,15H,3,10-11,14H2,1-2H3,(H,25,29)(H,26,28,30)/t15-/m1/s1. The molecule has 162 valence electrons. The average Bonchev–Trinajstić information content (AvgIpc) is 2.77. The molecule has 3 aromatic rings. The summed E-state index contributed by atoms with van der Waals surface area (Å²) in [5.74, 6) is 0.405. The highest BCUT2D eigenvalue weighted by atomic mass is 19.1. The van der Waals surface area contributed by atoms with Gasteiger partial charge in [-0.15, -0.1) is 10.2 Å². The van der Waals surface area contributed by atoms with Gasteiger partial charge in [-0.05, 0) is 43.2 Å². The first-order valence-electron chi connectivity index (χ1n) is 10.2. The second kappa shape index (κ2) is 10.5. The lowest BCUT2D eigenvalue weighted by molar-refractivity contribution is -0.121. The molecule has 1 amide bonds. The maximum atomic E-state index is 13.2. The number of aromatic amines is 1. The van der Waals surface area contributed by atoms with Gasteiger partial charge in [0.15, 0.2) is 5.82 Å². The van der Waals surface area contributed by atoms with E-state index in [-0.39, 0.29) is 42.9 Å². The number of H-pyrrole nitrogens is 1. The SMILES string of the molecule is CC[C@@H](C)Oc1cccc(-c2nnc(CCC(=O)NCc3cccc(F)c3)c(=O)[nH]2)c1. The number of aromatic nitrogens is 3. The van der Waals surface area contributed by atoms with Gasteiger partial charge in [0.2, 0.25) is 5.91 Å². The molecule has 1 heterocycles. The summed E-state index contributed by atoms with van der Waals surface area (Å²) < 4.78 is 19.0. The van der Waals surface area contributed by atoms with Crippen LogP contribution in [0.5, 0.6) is 5.75 Å². The van der Waals surface area contributed by atoms with Gasteiger partial charge in [-0.25, -0.2) is 4.39 Å². The number of halogens is 1. The highest BCUT2D eigenvalue weighted by Crippen LogP contribution is 2.21.